The summed E-state index contributed by atoms with van der Waals surface area (Å²) < 4.78 is 3.18. The zero-order valence-electron chi connectivity index (χ0n) is 16.6. The quantitative estimate of drug-likeness (QED) is 0.460. The van der Waals surface area contributed by atoms with Crippen LogP contribution in [0.15, 0.2) is 48.9 Å². The second-order valence-electron chi connectivity index (χ2n) is 7.42. The Hall–Kier alpha value is -4.21. The average Bonchev–Trinajstić information content (AvgIpc) is 3.31. The molecule has 0 spiro atoms. The fourth-order valence-electron chi connectivity index (χ4n) is 3.67. The lowest BCUT2D eigenvalue weighted by molar-refractivity contribution is -0.121. The molecule has 5 rings (SSSR count). The molecule has 0 bridgehead atoms. The number of benzene rings is 1. The minimum absolute atomic E-state index is 0.0444. The smallest absolute Gasteiger partial charge is 0.246 e. The van der Waals surface area contributed by atoms with Crippen LogP contribution in [0.1, 0.15) is 17.5 Å². The van der Waals surface area contributed by atoms with E-state index in [0.717, 1.165) is 22.3 Å². The maximum atomic E-state index is 12.5. The molecule has 0 atom stereocenters. The molecule has 1 aliphatic heterocycles. The maximum absolute atomic E-state index is 12.5. The van der Waals surface area contributed by atoms with Crippen molar-refractivity contribution in [2.45, 2.75) is 25.9 Å². The Morgan fingerprint density at radius 2 is 2.06 bits per heavy atom. The van der Waals surface area contributed by atoms with Crippen molar-refractivity contribution in [3.63, 3.8) is 0 Å². The van der Waals surface area contributed by atoms with Crippen molar-refractivity contribution in [3.8, 4) is 11.1 Å². The highest BCUT2D eigenvalue weighted by molar-refractivity contribution is 5.90. The third-order valence-electron chi connectivity index (χ3n) is 5.21. The van der Waals surface area contributed by atoms with Crippen LogP contribution in [0.2, 0.25) is 0 Å². The first-order valence-electron chi connectivity index (χ1n) is 9.86. The number of rotatable bonds is 4. The molecule has 0 saturated carbocycles. The van der Waals surface area contributed by atoms with Gasteiger partial charge in [0.2, 0.25) is 17.8 Å². The predicted octanol–water partition coefficient (Wildman–Crippen LogP) is 1.38. The van der Waals surface area contributed by atoms with Crippen molar-refractivity contribution in [1.82, 2.24) is 29.7 Å². The SMILES string of the molecule is Nc1nc2cc(-c3cnn(CC(=O)Nc4ccc5c(c4)CNC(=O)CC5)c3)ccn2n1. The Balaban J connectivity index is 1.27. The number of carbonyl (C=O) groups excluding carboxylic acids is 2. The molecule has 0 radical (unpaired) electrons. The summed E-state index contributed by atoms with van der Waals surface area (Å²) in [5, 5.41) is 14.1. The van der Waals surface area contributed by atoms with Crippen LogP contribution in [-0.2, 0) is 29.1 Å². The summed E-state index contributed by atoms with van der Waals surface area (Å²) in [6.45, 7) is 0.552. The fraction of sp³-hybridized carbons (Fsp3) is 0.190. The van der Waals surface area contributed by atoms with Crippen LogP contribution < -0.4 is 16.4 Å². The molecule has 1 aromatic carbocycles. The van der Waals surface area contributed by atoms with Gasteiger partial charge in [0.25, 0.3) is 0 Å². The molecular weight excluding hydrogens is 396 g/mol. The molecule has 0 aliphatic carbocycles. The van der Waals surface area contributed by atoms with Crippen LogP contribution in [0.25, 0.3) is 16.8 Å². The summed E-state index contributed by atoms with van der Waals surface area (Å²) in [6.07, 6.45) is 6.47. The highest BCUT2D eigenvalue weighted by Gasteiger charge is 2.14. The maximum Gasteiger partial charge on any atom is 0.246 e. The van der Waals surface area contributed by atoms with Gasteiger partial charge in [0.05, 0.1) is 6.20 Å². The summed E-state index contributed by atoms with van der Waals surface area (Å²) in [5.74, 6) is 0.0699. The van der Waals surface area contributed by atoms with E-state index >= 15 is 0 Å². The van der Waals surface area contributed by atoms with Crippen LogP contribution in [0.3, 0.4) is 0 Å². The van der Waals surface area contributed by atoms with Crippen LogP contribution >= 0.6 is 0 Å². The van der Waals surface area contributed by atoms with Gasteiger partial charge in [-0.25, -0.2) is 4.52 Å². The number of nitrogens with one attached hydrogen (secondary N) is 2. The van der Waals surface area contributed by atoms with Gasteiger partial charge in [-0.3, -0.25) is 14.3 Å². The molecule has 156 valence electrons. The Morgan fingerprint density at radius 3 is 2.97 bits per heavy atom. The summed E-state index contributed by atoms with van der Waals surface area (Å²) in [6, 6.07) is 9.48. The van der Waals surface area contributed by atoms with Crippen molar-refractivity contribution in [2.75, 3.05) is 11.1 Å². The lowest BCUT2D eigenvalue weighted by Crippen LogP contribution is -2.20. The highest BCUT2D eigenvalue weighted by Crippen LogP contribution is 2.21. The predicted molar refractivity (Wildman–Crippen MR) is 114 cm³/mol. The zero-order chi connectivity index (χ0) is 21.4. The third kappa shape index (κ3) is 3.95. The number of fused-ring (bicyclic) bond motifs is 2. The summed E-state index contributed by atoms with van der Waals surface area (Å²) in [4.78, 5) is 28.3. The first-order valence-corrected chi connectivity index (χ1v) is 9.86. The number of nitrogen functional groups attached to an aromatic ring is 1. The number of hydrogen-bond donors (Lipinski definition) is 3. The van der Waals surface area contributed by atoms with Gasteiger partial charge in [0, 0.05) is 36.6 Å². The van der Waals surface area contributed by atoms with E-state index in [9.17, 15) is 9.59 Å². The van der Waals surface area contributed by atoms with E-state index in [1.54, 1.807) is 27.8 Å². The van der Waals surface area contributed by atoms with Gasteiger partial charge in [-0.2, -0.15) is 10.1 Å². The van der Waals surface area contributed by atoms with Gasteiger partial charge >= 0.3 is 0 Å². The third-order valence-corrected chi connectivity index (χ3v) is 5.21. The lowest BCUT2D eigenvalue weighted by atomic mass is 10.0. The number of anilines is 2. The molecule has 4 heterocycles. The summed E-state index contributed by atoms with van der Waals surface area (Å²) in [5.41, 5.74) is 10.9. The van der Waals surface area contributed by atoms with Crippen molar-refractivity contribution in [1.29, 1.82) is 0 Å². The standard InChI is InChI=1S/C21H20N8O2/c22-21-26-18-8-14(5-6-29(18)27-21)16-10-24-28(11-16)12-20(31)25-17-3-1-13-2-4-19(30)23-9-15(13)7-17/h1,3,5-8,10-11H,2,4,9,12H2,(H2,22,27)(H,23,30)(H,25,31). The first-order chi connectivity index (χ1) is 15.0. The van der Waals surface area contributed by atoms with Crippen molar-refractivity contribution >= 4 is 29.1 Å². The van der Waals surface area contributed by atoms with Crippen LogP contribution in [0.5, 0.6) is 0 Å². The topological polar surface area (TPSA) is 132 Å². The Labute approximate surface area is 177 Å². The average molecular weight is 416 g/mol. The molecule has 2 amide bonds. The van der Waals surface area contributed by atoms with Gasteiger partial charge in [0.15, 0.2) is 5.65 Å². The van der Waals surface area contributed by atoms with Gasteiger partial charge in [-0.1, -0.05) is 6.07 Å². The molecule has 4 aromatic rings. The highest BCUT2D eigenvalue weighted by atomic mass is 16.2. The monoisotopic (exact) mass is 416 g/mol. The Morgan fingerprint density at radius 1 is 1.16 bits per heavy atom. The second kappa shape index (κ2) is 7.56. The van der Waals surface area contributed by atoms with E-state index in [1.807, 2.05) is 30.3 Å². The van der Waals surface area contributed by atoms with Crippen LogP contribution in [0, 0.1) is 0 Å². The minimum atomic E-state index is -0.187. The Kier molecular flexibility index (Phi) is 4.58. The van der Waals surface area contributed by atoms with E-state index in [0.29, 0.717) is 30.7 Å². The first kappa shape index (κ1) is 18.8. The normalized spacial score (nSPS) is 13.5. The van der Waals surface area contributed by atoms with Gasteiger partial charge in [-0.05, 0) is 47.4 Å². The van der Waals surface area contributed by atoms with Gasteiger partial charge in [0.1, 0.15) is 6.54 Å². The lowest BCUT2D eigenvalue weighted by Gasteiger charge is -2.10. The van der Waals surface area contributed by atoms with Crippen molar-refractivity contribution in [3.05, 3.63) is 60.0 Å². The molecule has 0 fully saturated rings. The van der Waals surface area contributed by atoms with Gasteiger partial charge < -0.3 is 16.4 Å². The van der Waals surface area contributed by atoms with E-state index in [-0.39, 0.29) is 24.3 Å². The number of hydrogen-bond acceptors (Lipinski definition) is 6. The van der Waals surface area contributed by atoms with Crippen LogP contribution in [-0.4, -0.2) is 36.2 Å². The van der Waals surface area contributed by atoms with Crippen molar-refractivity contribution in [2.24, 2.45) is 0 Å². The van der Waals surface area contributed by atoms with Crippen molar-refractivity contribution < 1.29 is 9.59 Å². The Bertz CT molecular complexity index is 1310. The molecule has 3 aromatic heterocycles. The largest absolute Gasteiger partial charge is 0.366 e. The number of carbonyl (C=O) groups is 2. The van der Waals surface area contributed by atoms with E-state index in [1.165, 1.54) is 0 Å². The molecule has 1 aliphatic rings. The molecule has 10 nitrogen and oxygen atoms in total. The summed E-state index contributed by atoms with van der Waals surface area (Å²) in [7, 11) is 0. The van der Waals surface area contributed by atoms with E-state index < -0.39 is 0 Å². The molecule has 4 N–H and O–H groups in total. The number of aromatic nitrogens is 5. The second-order valence-corrected chi connectivity index (χ2v) is 7.42. The fourth-order valence-corrected chi connectivity index (χ4v) is 3.67. The number of nitrogens with zero attached hydrogens (tertiary/aromatic N) is 5. The molecule has 0 saturated heterocycles. The number of nitrogens with two attached hydrogens (primary N) is 1. The molecule has 31 heavy (non-hydrogen) atoms. The summed E-state index contributed by atoms with van der Waals surface area (Å²) >= 11 is 0. The number of amides is 2. The van der Waals surface area contributed by atoms with Gasteiger partial charge in [-0.15, -0.1) is 5.10 Å². The van der Waals surface area contributed by atoms with E-state index in [4.69, 9.17) is 5.73 Å². The zero-order valence-corrected chi connectivity index (χ0v) is 16.6. The van der Waals surface area contributed by atoms with Crippen LogP contribution in [0.4, 0.5) is 11.6 Å². The molecular formula is C21H20N8O2. The molecule has 10 heteroatoms. The number of aryl methyl sites for hydroxylation is 1. The minimum Gasteiger partial charge on any atom is -0.366 e. The number of pyridine rings is 1. The van der Waals surface area contributed by atoms with E-state index in [2.05, 4.69) is 25.8 Å². The molecule has 0 unspecified atom stereocenters.